The van der Waals surface area contributed by atoms with Crippen LogP contribution in [-0.4, -0.2) is 6.04 Å². The Hall–Kier alpha value is -0.120. The molecular formula is C9H10BrClFN. The lowest BCUT2D eigenvalue weighted by Crippen LogP contribution is -2.18. The van der Waals surface area contributed by atoms with Crippen molar-refractivity contribution in [3.05, 3.63) is 33.0 Å². The summed E-state index contributed by atoms with van der Waals surface area (Å²) in [7, 11) is 0. The molecule has 1 atom stereocenters. The molecule has 0 fully saturated rings. The third kappa shape index (κ3) is 2.66. The van der Waals surface area contributed by atoms with Gasteiger partial charge in [-0.2, -0.15) is 0 Å². The number of hydrogen-bond acceptors (Lipinski definition) is 1. The summed E-state index contributed by atoms with van der Waals surface area (Å²) in [6.45, 7) is 1.83. The smallest absolute Gasteiger partial charge is 0.146 e. The van der Waals surface area contributed by atoms with Gasteiger partial charge in [0.05, 0.1) is 5.02 Å². The molecule has 0 unspecified atom stereocenters. The number of rotatable bonds is 2. The maximum Gasteiger partial charge on any atom is 0.146 e. The van der Waals surface area contributed by atoms with Crippen LogP contribution in [-0.2, 0) is 6.42 Å². The summed E-state index contributed by atoms with van der Waals surface area (Å²) in [5.74, 6) is -0.381. The normalized spacial score (nSPS) is 13.0. The summed E-state index contributed by atoms with van der Waals surface area (Å²) >= 11 is 8.89. The van der Waals surface area contributed by atoms with Gasteiger partial charge in [0.1, 0.15) is 5.82 Å². The molecule has 0 aliphatic heterocycles. The van der Waals surface area contributed by atoms with E-state index >= 15 is 0 Å². The molecule has 2 N–H and O–H groups in total. The first-order chi connectivity index (χ1) is 6.02. The van der Waals surface area contributed by atoms with Gasteiger partial charge in [-0.15, -0.1) is 0 Å². The van der Waals surface area contributed by atoms with Crippen LogP contribution in [0.4, 0.5) is 4.39 Å². The molecule has 1 rings (SSSR count). The van der Waals surface area contributed by atoms with Crippen molar-refractivity contribution in [2.75, 3.05) is 0 Å². The molecule has 0 aromatic heterocycles. The minimum Gasteiger partial charge on any atom is -0.328 e. The zero-order chi connectivity index (χ0) is 10.0. The Kier molecular flexibility index (Phi) is 3.71. The summed E-state index contributed by atoms with van der Waals surface area (Å²) in [5.41, 5.74) is 6.13. The first-order valence-electron chi connectivity index (χ1n) is 3.90. The van der Waals surface area contributed by atoms with Crippen molar-refractivity contribution in [1.82, 2.24) is 0 Å². The first-order valence-corrected chi connectivity index (χ1v) is 5.07. The number of halogens is 3. The van der Waals surface area contributed by atoms with E-state index in [0.29, 0.717) is 16.5 Å². The van der Waals surface area contributed by atoms with E-state index in [1.165, 1.54) is 6.07 Å². The third-order valence-corrected chi connectivity index (χ3v) is 2.70. The van der Waals surface area contributed by atoms with Crippen molar-refractivity contribution in [1.29, 1.82) is 0 Å². The molecule has 0 bridgehead atoms. The van der Waals surface area contributed by atoms with Crippen LogP contribution in [0.5, 0.6) is 0 Å². The minimum atomic E-state index is -0.381. The average molecular weight is 267 g/mol. The average Bonchev–Trinajstić information content (AvgIpc) is 2.05. The van der Waals surface area contributed by atoms with Gasteiger partial charge in [0.15, 0.2) is 0 Å². The zero-order valence-corrected chi connectivity index (χ0v) is 9.49. The molecule has 13 heavy (non-hydrogen) atoms. The second-order valence-electron chi connectivity index (χ2n) is 3.00. The number of benzene rings is 1. The van der Waals surface area contributed by atoms with E-state index in [1.807, 2.05) is 6.92 Å². The van der Waals surface area contributed by atoms with Crippen molar-refractivity contribution in [2.24, 2.45) is 5.73 Å². The Morgan fingerprint density at radius 3 is 2.77 bits per heavy atom. The van der Waals surface area contributed by atoms with Crippen LogP contribution in [0.2, 0.25) is 5.02 Å². The van der Waals surface area contributed by atoms with Gasteiger partial charge in [-0.25, -0.2) is 4.39 Å². The zero-order valence-electron chi connectivity index (χ0n) is 7.15. The van der Waals surface area contributed by atoms with Gasteiger partial charge in [-0.3, -0.25) is 0 Å². The molecule has 0 heterocycles. The highest BCUT2D eigenvalue weighted by Gasteiger charge is 2.11. The topological polar surface area (TPSA) is 26.0 Å². The van der Waals surface area contributed by atoms with E-state index in [-0.39, 0.29) is 16.9 Å². The van der Waals surface area contributed by atoms with Crippen LogP contribution in [0, 0.1) is 5.82 Å². The minimum absolute atomic E-state index is 0.0794. The van der Waals surface area contributed by atoms with Crippen LogP contribution in [0.3, 0.4) is 0 Å². The van der Waals surface area contributed by atoms with E-state index in [4.69, 9.17) is 17.3 Å². The molecule has 1 aromatic rings. The van der Waals surface area contributed by atoms with Gasteiger partial charge in [0, 0.05) is 16.1 Å². The molecule has 1 aromatic carbocycles. The Labute approximate surface area is 90.2 Å². The maximum absolute atomic E-state index is 13.4. The van der Waals surface area contributed by atoms with E-state index < -0.39 is 0 Å². The second kappa shape index (κ2) is 4.40. The predicted octanol–water partition coefficient (Wildman–Crippen LogP) is 3.13. The van der Waals surface area contributed by atoms with Gasteiger partial charge >= 0.3 is 0 Å². The Morgan fingerprint density at radius 1 is 1.62 bits per heavy atom. The lowest BCUT2D eigenvalue weighted by molar-refractivity contribution is 0.594. The maximum atomic E-state index is 13.4. The van der Waals surface area contributed by atoms with Crippen LogP contribution in [0.1, 0.15) is 12.5 Å². The van der Waals surface area contributed by atoms with Gasteiger partial charge < -0.3 is 5.73 Å². The van der Waals surface area contributed by atoms with E-state index in [1.54, 1.807) is 6.07 Å². The predicted molar refractivity (Wildman–Crippen MR) is 56.5 cm³/mol. The van der Waals surface area contributed by atoms with Crippen LogP contribution in [0.15, 0.2) is 16.6 Å². The van der Waals surface area contributed by atoms with Crippen molar-refractivity contribution < 1.29 is 4.39 Å². The number of nitrogens with two attached hydrogens (primary N) is 1. The van der Waals surface area contributed by atoms with E-state index in [2.05, 4.69) is 15.9 Å². The van der Waals surface area contributed by atoms with Crippen molar-refractivity contribution in [3.63, 3.8) is 0 Å². The highest BCUT2D eigenvalue weighted by molar-refractivity contribution is 9.10. The molecule has 0 amide bonds. The van der Waals surface area contributed by atoms with Gasteiger partial charge in [-0.1, -0.05) is 27.5 Å². The van der Waals surface area contributed by atoms with Crippen LogP contribution in [0.25, 0.3) is 0 Å². The summed E-state index contributed by atoms with van der Waals surface area (Å²) in [6.07, 6.45) is 0.479. The SMILES string of the molecule is C[C@H](N)Cc1c(Br)ccc(Cl)c1F. The number of hydrogen-bond donors (Lipinski definition) is 1. The molecule has 0 aliphatic carbocycles. The van der Waals surface area contributed by atoms with Crippen LogP contribution < -0.4 is 5.73 Å². The van der Waals surface area contributed by atoms with E-state index in [9.17, 15) is 4.39 Å². The molecule has 0 aliphatic rings. The molecule has 0 saturated heterocycles. The molecule has 4 heteroatoms. The summed E-state index contributed by atoms with van der Waals surface area (Å²) in [5, 5.41) is 0.138. The van der Waals surface area contributed by atoms with Gasteiger partial charge in [-0.05, 0) is 25.5 Å². The molecule has 72 valence electrons. The fraction of sp³-hybridized carbons (Fsp3) is 0.333. The highest BCUT2D eigenvalue weighted by Crippen LogP contribution is 2.26. The summed E-state index contributed by atoms with van der Waals surface area (Å²) < 4.78 is 14.1. The summed E-state index contributed by atoms with van der Waals surface area (Å²) in [4.78, 5) is 0. The summed E-state index contributed by atoms with van der Waals surface area (Å²) in [6, 6.07) is 3.17. The van der Waals surface area contributed by atoms with Gasteiger partial charge in [0.25, 0.3) is 0 Å². The molecule has 1 nitrogen and oxygen atoms in total. The quantitative estimate of drug-likeness (QED) is 0.818. The molecule has 0 saturated carbocycles. The van der Waals surface area contributed by atoms with Crippen LogP contribution >= 0.6 is 27.5 Å². The lowest BCUT2D eigenvalue weighted by Gasteiger charge is -2.09. The first kappa shape index (κ1) is 11.0. The fourth-order valence-electron chi connectivity index (χ4n) is 1.08. The Morgan fingerprint density at radius 2 is 2.23 bits per heavy atom. The lowest BCUT2D eigenvalue weighted by atomic mass is 10.1. The highest BCUT2D eigenvalue weighted by atomic mass is 79.9. The monoisotopic (exact) mass is 265 g/mol. The third-order valence-electron chi connectivity index (χ3n) is 1.67. The molecule has 0 radical (unpaired) electrons. The molecular weight excluding hydrogens is 256 g/mol. The van der Waals surface area contributed by atoms with Gasteiger partial charge in [0.2, 0.25) is 0 Å². The fourth-order valence-corrected chi connectivity index (χ4v) is 1.72. The standard InChI is InChI=1S/C9H10BrClFN/c1-5(13)4-6-7(10)2-3-8(11)9(6)12/h2-3,5H,4,13H2,1H3/t5-/m0/s1. The van der Waals surface area contributed by atoms with E-state index in [0.717, 1.165) is 0 Å². The Balaban J connectivity index is 3.10. The molecule has 0 spiro atoms. The van der Waals surface area contributed by atoms with Crippen molar-refractivity contribution in [2.45, 2.75) is 19.4 Å². The Bertz CT molecular complexity index is 315. The largest absolute Gasteiger partial charge is 0.328 e. The van der Waals surface area contributed by atoms with Crippen molar-refractivity contribution in [3.8, 4) is 0 Å². The second-order valence-corrected chi connectivity index (χ2v) is 4.26. The van der Waals surface area contributed by atoms with Crippen molar-refractivity contribution >= 4 is 27.5 Å².